The summed E-state index contributed by atoms with van der Waals surface area (Å²) in [7, 11) is 3.29. The van der Waals surface area contributed by atoms with E-state index in [0.29, 0.717) is 16.9 Å². The Morgan fingerprint density at radius 2 is 2.04 bits per heavy atom. The molecule has 0 bridgehead atoms. The Bertz CT molecular complexity index is 1120. The molecule has 0 unspecified atom stereocenters. The van der Waals surface area contributed by atoms with Gasteiger partial charge in [-0.3, -0.25) is 19.4 Å². The van der Waals surface area contributed by atoms with Crippen LogP contribution in [0.3, 0.4) is 0 Å². The number of anilines is 1. The van der Waals surface area contributed by atoms with Crippen molar-refractivity contribution in [2.24, 2.45) is 19.2 Å². The number of nitrogens with zero attached hydrogens (tertiary/aromatic N) is 4. The number of carboxylic acid groups (broad SMARTS) is 1. The summed E-state index contributed by atoms with van der Waals surface area (Å²) in [6, 6.07) is 6.02. The van der Waals surface area contributed by atoms with Crippen molar-refractivity contribution in [3.8, 4) is 0 Å². The molecule has 0 saturated carbocycles. The Labute approximate surface area is 146 Å². The number of fused-ring (bicyclic) bond motifs is 1. The van der Waals surface area contributed by atoms with Crippen LogP contribution in [0.4, 0.5) is 5.69 Å². The van der Waals surface area contributed by atoms with Crippen LogP contribution in [0.25, 0.3) is 11.2 Å². The number of H-pyrrole nitrogens is 1. The molecule has 3 rings (SSSR count). The minimum atomic E-state index is -1.01. The van der Waals surface area contributed by atoms with Crippen LogP contribution in [-0.4, -0.2) is 31.4 Å². The topological polar surface area (TPSA) is 125 Å². The average Bonchev–Trinajstić information content (AvgIpc) is 3.01. The van der Waals surface area contributed by atoms with Gasteiger partial charge in [-0.2, -0.15) is 5.10 Å². The molecule has 3 aromatic rings. The molecular formula is C16H17N6O4+. The lowest BCUT2D eigenvalue weighted by Gasteiger charge is -2.04. The van der Waals surface area contributed by atoms with E-state index in [-0.39, 0.29) is 12.1 Å². The Kier molecular flexibility index (Phi) is 4.40. The van der Waals surface area contributed by atoms with E-state index < -0.39 is 17.2 Å². The first-order valence-corrected chi connectivity index (χ1v) is 7.67. The summed E-state index contributed by atoms with van der Waals surface area (Å²) in [6.07, 6.45) is 3.00. The number of aromatic carboxylic acids is 1. The molecule has 2 heterocycles. The van der Waals surface area contributed by atoms with Crippen LogP contribution in [0.1, 0.15) is 10.4 Å². The second-order valence-corrected chi connectivity index (χ2v) is 5.64. The number of benzene rings is 1. The zero-order valence-corrected chi connectivity index (χ0v) is 14.1. The van der Waals surface area contributed by atoms with Crippen molar-refractivity contribution in [3.63, 3.8) is 0 Å². The highest BCUT2D eigenvalue weighted by Crippen LogP contribution is 2.09. The highest BCUT2D eigenvalue weighted by Gasteiger charge is 2.18. The predicted octanol–water partition coefficient (Wildman–Crippen LogP) is -0.351. The Hall–Kier alpha value is -3.69. The number of hydrogen-bond donors (Lipinski definition) is 3. The van der Waals surface area contributed by atoms with Gasteiger partial charge in [-0.15, -0.1) is 0 Å². The number of aryl methyl sites for hydroxylation is 2. The number of aromatic amines is 1. The smallest absolute Gasteiger partial charge is 0.335 e. The van der Waals surface area contributed by atoms with Gasteiger partial charge < -0.3 is 5.11 Å². The lowest BCUT2D eigenvalue weighted by Crippen LogP contribution is -2.43. The quantitative estimate of drug-likeness (QED) is 0.327. The minimum absolute atomic E-state index is 0.00711. The zero-order valence-electron chi connectivity index (χ0n) is 14.1. The summed E-state index contributed by atoms with van der Waals surface area (Å²) in [6.45, 7) is -0.00711. The molecule has 0 radical (unpaired) electrons. The van der Waals surface area contributed by atoms with Crippen LogP contribution in [0.15, 0.2) is 45.3 Å². The molecule has 3 N–H and O–H groups in total. The van der Waals surface area contributed by atoms with Crippen LogP contribution in [0.5, 0.6) is 0 Å². The van der Waals surface area contributed by atoms with E-state index in [9.17, 15) is 14.4 Å². The first-order chi connectivity index (χ1) is 12.4. The lowest BCUT2D eigenvalue weighted by molar-refractivity contribution is -0.645. The van der Waals surface area contributed by atoms with Gasteiger partial charge in [-0.25, -0.2) is 19.1 Å². The summed E-state index contributed by atoms with van der Waals surface area (Å²) in [5.41, 5.74) is 3.44. The molecule has 0 aliphatic carbocycles. The van der Waals surface area contributed by atoms with Crippen LogP contribution >= 0.6 is 0 Å². The molecule has 0 aliphatic heterocycles. The third kappa shape index (κ3) is 2.99. The first kappa shape index (κ1) is 17.1. The SMILES string of the molecule is Cn1c(=O)n(CC=NNc2ccc(C(=O)O)cc2)c(=O)c2c1[nH]c[n+]2C. The molecule has 2 aromatic heterocycles. The maximum absolute atomic E-state index is 12.5. The normalized spacial score (nSPS) is 11.3. The average molecular weight is 357 g/mol. The Morgan fingerprint density at radius 1 is 1.35 bits per heavy atom. The van der Waals surface area contributed by atoms with Crippen molar-refractivity contribution >= 4 is 29.0 Å². The van der Waals surface area contributed by atoms with Gasteiger partial charge in [0.25, 0.3) is 11.2 Å². The summed E-state index contributed by atoms with van der Waals surface area (Å²) >= 11 is 0. The second kappa shape index (κ2) is 6.67. The predicted molar refractivity (Wildman–Crippen MR) is 94.5 cm³/mol. The fourth-order valence-corrected chi connectivity index (χ4v) is 2.55. The van der Waals surface area contributed by atoms with E-state index in [0.717, 1.165) is 4.57 Å². The lowest BCUT2D eigenvalue weighted by atomic mass is 10.2. The van der Waals surface area contributed by atoms with Crippen molar-refractivity contribution in [2.75, 3.05) is 5.43 Å². The minimum Gasteiger partial charge on any atom is -0.478 e. The Morgan fingerprint density at radius 3 is 2.69 bits per heavy atom. The first-order valence-electron chi connectivity index (χ1n) is 7.67. The fraction of sp³-hybridized carbons (Fsp3) is 0.188. The molecule has 10 nitrogen and oxygen atoms in total. The second-order valence-electron chi connectivity index (χ2n) is 5.64. The van der Waals surface area contributed by atoms with Crippen LogP contribution in [0, 0.1) is 0 Å². The molecule has 10 heteroatoms. The standard InChI is InChI=1S/C16H16N6O4/c1-20-9-17-13-12(20)14(23)22(16(26)21(13)2)8-7-18-19-11-5-3-10(4-6-11)15(24)25/h3-7,9,19H,8H2,1-2H3,(H,24,25)/p+1. The van der Waals surface area contributed by atoms with Crippen molar-refractivity contribution in [2.45, 2.75) is 6.54 Å². The molecule has 26 heavy (non-hydrogen) atoms. The maximum Gasteiger partial charge on any atom is 0.335 e. The van der Waals surface area contributed by atoms with Crippen LogP contribution in [0.2, 0.25) is 0 Å². The van der Waals surface area contributed by atoms with Crippen molar-refractivity contribution in [1.82, 2.24) is 14.1 Å². The van der Waals surface area contributed by atoms with Gasteiger partial charge in [0.2, 0.25) is 6.33 Å². The van der Waals surface area contributed by atoms with E-state index in [4.69, 9.17) is 5.11 Å². The Balaban J connectivity index is 1.80. The van der Waals surface area contributed by atoms with Crippen molar-refractivity contribution in [3.05, 3.63) is 57.0 Å². The fourth-order valence-electron chi connectivity index (χ4n) is 2.55. The van der Waals surface area contributed by atoms with Crippen molar-refractivity contribution in [1.29, 1.82) is 0 Å². The summed E-state index contributed by atoms with van der Waals surface area (Å²) < 4.78 is 4.06. The number of hydrogen-bond acceptors (Lipinski definition) is 5. The van der Waals surface area contributed by atoms with Gasteiger partial charge in [0, 0.05) is 13.3 Å². The van der Waals surface area contributed by atoms with E-state index in [2.05, 4.69) is 15.5 Å². The third-order valence-electron chi connectivity index (χ3n) is 3.95. The summed E-state index contributed by atoms with van der Waals surface area (Å²) in [5.74, 6) is -1.01. The molecule has 0 amide bonds. The summed E-state index contributed by atoms with van der Waals surface area (Å²) in [5, 5.41) is 12.8. The van der Waals surface area contributed by atoms with Gasteiger partial charge in [-0.1, -0.05) is 0 Å². The maximum atomic E-state index is 12.5. The van der Waals surface area contributed by atoms with Gasteiger partial charge in [0.05, 0.1) is 24.8 Å². The number of imidazole rings is 1. The van der Waals surface area contributed by atoms with E-state index in [1.54, 1.807) is 37.1 Å². The van der Waals surface area contributed by atoms with Gasteiger partial charge >= 0.3 is 17.2 Å². The number of nitrogens with one attached hydrogen (secondary N) is 2. The number of rotatable bonds is 5. The molecule has 0 atom stereocenters. The van der Waals surface area contributed by atoms with Gasteiger partial charge in [0.1, 0.15) is 0 Å². The van der Waals surface area contributed by atoms with Crippen LogP contribution in [-0.2, 0) is 20.6 Å². The van der Waals surface area contributed by atoms with Gasteiger partial charge in [0.15, 0.2) is 0 Å². The molecule has 134 valence electrons. The molecule has 0 aliphatic rings. The number of hydrazone groups is 1. The summed E-state index contributed by atoms with van der Waals surface area (Å²) in [4.78, 5) is 38.5. The number of carbonyl (C=O) groups is 1. The molecular weight excluding hydrogens is 340 g/mol. The molecule has 0 spiro atoms. The zero-order chi connectivity index (χ0) is 18.8. The molecule has 1 aromatic carbocycles. The third-order valence-corrected chi connectivity index (χ3v) is 3.95. The van der Waals surface area contributed by atoms with Crippen LogP contribution < -0.4 is 21.2 Å². The number of carboxylic acids is 1. The highest BCUT2D eigenvalue weighted by molar-refractivity contribution is 5.88. The molecule has 0 fully saturated rings. The van der Waals surface area contributed by atoms with Gasteiger partial charge in [-0.05, 0) is 24.3 Å². The van der Waals surface area contributed by atoms with Crippen molar-refractivity contribution < 1.29 is 14.5 Å². The number of aromatic nitrogens is 4. The monoisotopic (exact) mass is 357 g/mol. The largest absolute Gasteiger partial charge is 0.478 e. The van der Waals surface area contributed by atoms with E-state index in [1.807, 2.05) is 0 Å². The highest BCUT2D eigenvalue weighted by atomic mass is 16.4. The van der Waals surface area contributed by atoms with E-state index >= 15 is 0 Å². The van der Waals surface area contributed by atoms with E-state index in [1.165, 1.54) is 22.9 Å². The molecule has 0 saturated heterocycles.